The Balaban J connectivity index is 2.30. The molecular formula is C16H11ClFN. The van der Waals surface area contributed by atoms with Crippen LogP contribution in [0.5, 0.6) is 0 Å². The lowest BCUT2D eigenvalue weighted by atomic mass is 9.97. The Morgan fingerprint density at radius 1 is 0.895 bits per heavy atom. The molecule has 3 aromatic rings. The minimum Gasteiger partial charge on any atom is -0.398 e. The van der Waals surface area contributed by atoms with Crippen LogP contribution in [0.1, 0.15) is 0 Å². The molecule has 0 atom stereocenters. The van der Waals surface area contributed by atoms with Gasteiger partial charge in [-0.05, 0) is 34.7 Å². The van der Waals surface area contributed by atoms with Crippen LogP contribution in [0.3, 0.4) is 0 Å². The zero-order valence-electron chi connectivity index (χ0n) is 10.0. The van der Waals surface area contributed by atoms with Crippen molar-refractivity contribution in [3.05, 3.63) is 65.4 Å². The van der Waals surface area contributed by atoms with E-state index in [-0.39, 0.29) is 5.02 Å². The third kappa shape index (κ3) is 2.04. The van der Waals surface area contributed by atoms with E-state index in [1.807, 2.05) is 42.5 Å². The molecule has 19 heavy (non-hydrogen) atoms. The van der Waals surface area contributed by atoms with Crippen LogP contribution >= 0.6 is 11.6 Å². The fourth-order valence-electron chi connectivity index (χ4n) is 2.25. The number of nitrogen functional groups attached to an aromatic ring is 1. The molecule has 0 amide bonds. The first kappa shape index (κ1) is 12.0. The van der Waals surface area contributed by atoms with Gasteiger partial charge in [-0.2, -0.15) is 0 Å². The van der Waals surface area contributed by atoms with E-state index in [1.54, 1.807) is 6.07 Å². The average Bonchev–Trinajstić information content (AvgIpc) is 2.42. The van der Waals surface area contributed by atoms with E-state index in [1.165, 1.54) is 6.07 Å². The normalized spacial score (nSPS) is 10.8. The van der Waals surface area contributed by atoms with Crippen LogP contribution in [0.2, 0.25) is 5.02 Å². The molecular weight excluding hydrogens is 261 g/mol. The molecule has 94 valence electrons. The molecule has 2 N–H and O–H groups in total. The lowest BCUT2D eigenvalue weighted by Crippen LogP contribution is -1.88. The molecule has 3 rings (SSSR count). The molecule has 0 saturated heterocycles. The molecule has 1 nitrogen and oxygen atoms in total. The van der Waals surface area contributed by atoms with Gasteiger partial charge in [-0.25, -0.2) is 4.39 Å². The number of halogens is 2. The maximum Gasteiger partial charge on any atom is 0.142 e. The second-order valence-electron chi connectivity index (χ2n) is 4.38. The standard InChI is InChI=1S/C16H11ClFN/c17-14-8-7-10(9-15(14)18)11-3-1-5-13-12(11)4-2-6-16(13)19/h1-9H,19H2. The summed E-state index contributed by atoms with van der Waals surface area (Å²) in [6.45, 7) is 0. The highest BCUT2D eigenvalue weighted by Gasteiger charge is 2.07. The van der Waals surface area contributed by atoms with Crippen molar-refractivity contribution >= 4 is 28.1 Å². The molecule has 0 fully saturated rings. The third-order valence-electron chi connectivity index (χ3n) is 3.19. The summed E-state index contributed by atoms with van der Waals surface area (Å²) < 4.78 is 13.6. The minimum atomic E-state index is -0.417. The third-order valence-corrected chi connectivity index (χ3v) is 3.49. The molecule has 0 radical (unpaired) electrons. The molecule has 0 unspecified atom stereocenters. The smallest absolute Gasteiger partial charge is 0.142 e. The van der Waals surface area contributed by atoms with Crippen LogP contribution in [0.25, 0.3) is 21.9 Å². The Labute approximate surface area is 115 Å². The van der Waals surface area contributed by atoms with Crippen molar-refractivity contribution in [3.63, 3.8) is 0 Å². The van der Waals surface area contributed by atoms with Gasteiger partial charge in [0.15, 0.2) is 0 Å². The maximum absolute atomic E-state index is 13.6. The fourth-order valence-corrected chi connectivity index (χ4v) is 2.37. The number of rotatable bonds is 1. The van der Waals surface area contributed by atoms with Crippen molar-refractivity contribution in [2.75, 3.05) is 5.73 Å². The van der Waals surface area contributed by atoms with E-state index in [0.29, 0.717) is 5.69 Å². The summed E-state index contributed by atoms with van der Waals surface area (Å²) in [4.78, 5) is 0. The first-order valence-electron chi connectivity index (χ1n) is 5.89. The number of nitrogens with two attached hydrogens (primary N) is 1. The van der Waals surface area contributed by atoms with E-state index in [4.69, 9.17) is 17.3 Å². The Morgan fingerprint density at radius 3 is 2.42 bits per heavy atom. The predicted molar refractivity (Wildman–Crippen MR) is 78.8 cm³/mol. The largest absolute Gasteiger partial charge is 0.398 e. The van der Waals surface area contributed by atoms with Gasteiger partial charge in [0, 0.05) is 11.1 Å². The highest BCUT2D eigenvalue weighted by Crippen LogP contribution is 2.32. The highest BCUT2D eigenvalue weighted by molar-refractivity contribution is 6.30. The van der Waals surface area contributed by atoms with Crippen molar-refractivity contribution in [3.8, 4) is 11.1 Å². The second-order valence-corrected chi connectivity index (χ2v) is 4.78. The quantitative estimate of drug-likeness (QED) is 0.627. The molecule has 0 aromatic heterocycles. The van der Waals surface area contributed by atoms with Crippen LogP contribution < -0.4 is 5.73 Å². The first-order valence-corrected chi connectivity index (χ1v) is 6.27. The monoisotopic (exact) mass is 271 g/mol. The summed E-state index contributed by atoms with van der Waals surface area (Å²) in [5.74, 6) is -0.417. The number of fused-ring (bicyclic) bond motifs is 1. The minimum absolute atomic E-state index is 0.128. The van der Waals surface area contributed by atoms with Gasteiger partial charge in [0.2, 0.25) is 0 Å². The molecule has 3 heteroatoms. The van der Waals surface area contributed by atoms with Crippen molar-refractivity contribution in [1.29, 1.82) is 0 Å². The summed E-state index contributed by atoms with van der Waals surface area (Å²) in [7, 11) is 0. The van der Waals surface area contributed by atoms with Crippen molar-refractivity contribution in [1.82, 2.24) is 0 Å². The number of anilines is 1. The van der Waals surface area contributed by atoms with Crippen molar-refractivity contribution < 1.29 is 4.39 Å². The number of hydrogen-bond acceptors (Lipinski definition) is 1. The number of hydrogen-bond donors (Lipinski definition) is 1. The molecule has 3 aromatic carbocycles. The van der Waals surface area contributed by atoms with Crippen LogP contribution in [0.4, 0.5) is 10.1 Å². The lowest BCUT2D eigenvalue weighted by molar-refractivity contribution is 0.629. The number of benzene rings is 3. The molecule has 0 saturated carbocycles. The van der Waals surface area contributed by atoms with Gasteiger partial charge >= 0.3 is 0 Å². The summed E-state index contributed by atoms with van der Waals surface area (Å²) in [6.07, 6.45) is 0. The van der Waals surface area contributed by atoms with Gasteiger partial charge in [-0.1, -0.05) is 48.0 Å². The molecule has 0 aliphatic rings. The first-order chi connectivity index (χ1) is 9.16. The molecule has 0 aliphatic heterocycles. The summed E-state index contributed by atoms with van der Waals surface area (Å²) in [5, 5.41) is 2.10. The van der Waals surface area contributed by atoms with Gasteiger partial charge in [-0.15, -0.1) is 0 Å². The van der Waals surface area contributed by atoms with Crippen LogP contribution in [0.15, 0.2) is 54.6 Å². The van der Waals surface area contributed by atoms with Crippen LogP contribution in [-0.4, -0.2) is 0 Å². The van der Waals surface area contributed by atoms with Gasteiger partial charge in [0.1, 0.15) is 5.82 Å². The van der Waals surface area contributed by atoms with Crippen LogP contribution in [0, 0.1) is 5.82 Å². The summed E-state index contributed by atoms with van der Waals surface area (Å²) in [6, 6.07) is 16.4. The van der Waals surface area contributed by atoms with E-state index in [9.17, 15) is 4.39 Å². The molecule has 0 bridgehead atoms. The zero-order chi connectivity index (χ0) is 13.4. The lowest BCUT2D eigenvalue weighted by Gasteiger charge is -2.09. The summed E-state index contributed by atoms with van der Waals surface area (Å²) in [5.41, 5.74) is 8.41. The Bertz CT molecular complexity index is 768. The topological polar surface area (TPSA) is 26.0 Å². The zero-order valence-corrected chi connectivity index (χ0v) is 10.8. The van der Waals surface area contributed by atoms with E-state index in [0.717, 1.165) is 21.9 Å². The SMILES string of the molecule is Nc1cccc2c(-c3ccc(Cl)c(F)c3)cccc12. The Kier molecular flexibility index (Phi) is 2.88. The van der Waals surface area contributed by atoms with Gasteiger partial charge in [-0.3, -0.25) is 0 Å². The van der Waals surface area contributed by atoms with E-state index < -0.39 is 5.82 Å². The van der Waals surface area contributed by atoms with Gasteiger partial charge < -0.3 is 5.73 Å². The molecule has 0 aliphatic carbocycles. The second kappa shape index (κ2) is 4.56. The molecule has 0 spiro atoms. The maximum atomic E-state index is 13.6. The van der Waals surface area contributed by atoms with E-state index >= 15 is 0 Å². The van der Waals surface area contributed by atoms with Crippen molar-refractivity contribution in [2.45, 2.75) is 0 Å². The van der Waals surface area contributed by atoms with Crippen molar-refractivity contribution in [2.24, 2.45) is 0 Å². The predicted octanol–water partition coefficient (Wildman–Crippen LogP) is 4.88. The summed E-state index contributed by atoms with van der Waals surface area (Å²) >= 11 is 5.72. The average molecular weight is 272 g/mol. The Morgan fingerprint density at radius 2 is 1.63 bits per heavy atom. The highest BCUT2D eigenvalue weighted by atomic mass is 35.5. The molecule has 0 heterocycles. The fraction of sp³-hybridized carbons (Fsp3) is 0. The Hall–Kier alpha value is -2.06. The van der Waals surface area contributed by atoms with Crippen LogP contribution in [-0.2, 0) is 0 Å². The van der Waals surface area contributed by atoms with Gasteiger partial charge in [0.05, 0.1) is 5.02 Å². The van der Waals surface area contributed by atoms with E-state index in [2.05, 4.69) is 0 Å². The van der Waals surface area contributed by atoms with Gasteiger partial charge in [0.25, 0.3) is 0 Å².